The van der Waals surface area contributed by atoms with Crippen molar-refractivity contribution in [2.24, 2.45) is 23.7 Å². The zero-order valence-corrected chi connectivity index (χ0v) is 29.8. The molecular weight excluding hydrogens is 673 g/mol. The third-order valence-corrected chi connectivity index (χ3v) is 10.9. The third-order valence-electron chi connectivity index (χ3n) is 9.81. The number of piperidine rings is 1. The molecule has 5 rings (SSSR count). The Bertz CT molecular complexity index is 1420. The molecule has 1 unspecified atom stereocenters. The van der Waals surface area contributed by atoms with Crippen LogP contribution in [0, 0.1) is 23.7 Å². The van der Waals surface area contributed by atoms with E-state index in [1.165, 1.54) is 4.90 Å². The van der Waals surface area contributed by atoms with Gasteiger partial charge in [0.2, 0.25) is 23.5 Å². The minimum atomic E-state index is -1.24. The average Bonchev–Trinajstić information content (AvgIpc) is 3.91. The van der Waals surface area contributed by atoms with Gasteiger partial charge in [0.15, 0.2) is 0 Å². The minimum absolute atomic E-state index is 0.105. The molecule has 12 nitrogen and oxygen atoms in total. The number of likely N-dealkylation sites (tertiary alicyclic amines) is 1. The molecule has 1 aliphatic heterocycles. The van der Waals surface area contributed by atoms with Gasteiger partial charge in [-0.15, -0.1) is 23.2 Å². The van der Waals surface area contributed by atoms with Crippen LogP contribution in [0.25, 0.3) is 0 Å². The maximum atomic E-state index is 14.3. The van der Waals surface area contributed by atoms with E-state index in [2.05, 4.69) is 21.3 Å². The smallest absolute Gasteiger partial charge is 0.408 e. The number of halogens is 2. The molecule has 1 aromatic carbocycles. The van der Waals surface area contributed by atoms with Crippen molar-refractivity contribution in [1.82, 2.24) is 26.2 Å². The number of ether oxygens (including phenoxy) is 1. The van der Waals surface area contributed by atoms with Gasteiger partial charge in [0.25, 0.3) is 5.91 Å². The minimum Gasteiger partial charge on any atom is -0.444 e. The van der Waals surface area contributed by atoms with Crippen molar-refractivity contribution in [1.29, 1.82) is 0 Å². The highest BCUT2D eigenvalue weighted by Gasteiger charge is 2.74. The first-order valence-electron chi connectivity index (χ1n) is 17.3. The molecule has 4 aliphatic rings. The zero-order chi connectivity index (χ0) is 35.5. The van der Waals surface area contributed by atoms with Gasteiger partial charge in [0.05, 0.1) is 12.6 Å². The number of ketones is 1. The van der Waals surface area contributed by atoms with Gasteiger partial charge in [0.1, 0.15) is 22.0 Å². The summed E-state index contributed by atoms with van der Waals surface area (Å²) in [7, 11) is 0. The molecule has 1 saturated heterocycles. The van der Waals surface area contributed by atoms with Crippen molar-refractivity contribution < 1.29 is 33.5 Å². The normalized spacial score (nSPS) is 24.1. The second-order valence-electron chi connectivity index (χ2n) is 14.8. The van der Waals surface area contributed by atoms with E-state index < -0.39 is 76.0 Å². The van der Waals surface area contributed by atoms with E-state index in [4.69, 9.17) is 27.9 Å². The number of fused-ring (bicyclic) bond motifs is 1. The first-order valence-corrected chi connectivity index (χ1v) is 18.0. The number of carbonyl (C=O) groups is 6. The molecule has 5 atom stereocenters. The number of nitrogens with zero attached hydrogens (tertiary/aromatic N) is 1. The second kappa shape index (κ2) is 15.2. The number of nitrogens with one attached hydrogen (secondary N) is 4. The first-order chi connectivity index (χ1) is 23.2. The number of alkyl carbamates (subject to hydrolysis) is 1. The zero-order valence-electron chi connectivity index (χ0n) is 28.3. The van der Waals surface area contributed by atoms with E-state index in [0.29, 0.717) is 0 Å². The van der Waals surface area contributed by atoms with E-state index >= 15 is 0 Å². The van der Waals surface area contributed by atoms with E-state index in [0.717, 1.165) is 50.5 Å². The van der Waals surface area contributed by atoms with Crippen molar-refractivity contribution >= 4 is 58.7 Å². The highest BCUT2D eigenvalue weighted by Crippen LogP contribution is 2.65. The largest absolute Gasteiger partial charge is 0.444 e. The van der Waals surface area contributed by atoms with Crippen LogP contribution < -0.4 is 21.3 Å². The molecular formula is C35H47Cl2N5O7. The summed E-state index contributed by atoms with van der Waals surface area (Å²) in [5.74, 6) is -4.38. The standard InChI is InChI=1S/C35H47Cl2N5O7/c1-34(2,3)49-33(48)41-27(22-12-8-5-9-13-22)32(47)42-19-23-26(35(23,36)37)28(42)30(45)40-24(16-20-14-15-20)29(44)31(46)39-18-25(43)38-17-21-10-6-4-7-11-21/h4,6-7,10-11,20,22-24,26-28H,5,8-9,12-19H2,1-3H3,(H,38,43)(H,39,46)(H,40,45)(H,41,48)/t23-,24?,26-,27-,28-/m0/s1. The van der Waals surface area contributed by atoms with Crippen molar-refractivity contribution in [3.05, 3.63) is 35.9 Å². The molecule has 1 heterocycles. The summed E-state index contributed by atoms with van der Waals surface area (Å²) in [5.41, 5.74) is 0.103. The Labute approximate surface area is 297 Å². The Hall–Kier alpha value is -3.38. The molecule has 0 spiro atoms. The molecule has 3 aliphatic carbocycles. The molecule has 268 valence electrons. The van der Waals surface area contributed by atoms with Crippen molar-refractivity contribution in [3.8, 4) is 0 Å². The number of hydrogen-bond acceptors (Lipinski definition) is 7. The van der Waals surface area contributed by atoms with Crippen LogP contribution in [0.1, 0.15) is 77.7 Å². The van der Waals surface area contributed by atoms with Crippen molar-refractivity contribution in [2.75, 3.05) is 13.1 Å². The molecule has 14 heteroatoms. The SMILES string of the molecule is CC(C)(C)OC(=O)N[C@H](C(=O)N1C[C@H]2[C@@H]([C@H]1C(=O)NC(CC1CC1)C(=O)C(=O)NCC(=O)NCc1ccccc1)C2(Cl)Cl)C1CCCCC1. The van der Waals surface area contributed by atoms with Crippen LogP contribution in [0.4, 0.5) is 4.79 Å². The van der Waals surface area contributed by atoms with Crippen LogP contribution in [0.2, 0.25) is 0 Å². The summed E-state index contributed by atoms with van der Waals surface area (Å²) in [6.45, 7) is 5.16. The summed E-state index contributed by atoms with van der Waals surface area (Å²) < 4.78 is 4.24. The number of amides is 5. The number of Topliss-reactive ketones (excluding diaryl/α,β-unsaturated/α-hetero) is 1. The van der Waals surface area contributed by atoms with Crippen LogP contribution in [0.15, 0.2) is 30.3 Å². The predicted octanol–water partition coefficient (Wildman–Crippen LogP) is 3.38. The number of benzene rings is 1. The predicted molar refractivity (Wildman–Crippen MR) is 182 cm³/mol. The summed E-state index contributed by atoms with van der Waals surface area (Å²) >= 11 is 13.1. The fourth-order valence-electron chi connectivity index (χ4n) is 7.04. The molecule has 0 aromatic heterocycles. The van der Waals surface area contributed by atoms with Crippen molar-refractivity contribution in [3.63, 3.8) is 0 Å². The van der Waals surface area contributed by atoms with Gasteiger partial charge in [-0.2, -0.15) is 0 Å². The average molecular weight is 721 g/mol. The van der Waals surface area contributed by atoms with Gasteiger partial charge in [-0.1, -0.05) is 62.4 Å². The summed E-state index contributed by atoms with van der Waals surface area (Å²) in [5, 5.41) is 10.6. The van der Waals surface area contributed by atoms with Crippen LogP contribution in [-0.4, -0.2) is 81.6 Å². The first kappa shape index (κ1) is 36.9. The molecule has 5 amide bonds. The maximum Gasteiger partial charge on any atom is 0.408 e. The number of carbonyl (C=O) groups excluding carboxylic acids is 6. The number of alkyl halides is 2. The Morgan fingerprint density at radius 1 is 0.939 bits per heavy atom. The molecule has 3 saturated carbocycles. The lowest BCUT2D eigenvalue weighted by Gasteiger charge is -2.37. The lowest BCUT2D eigenvalue weighted by molar-refractivity contribution is -0.144. The summed E-state index contributed by atoms with van der Waals surface area (Å²) in [4.78, 5) is 81.3. The second-order valence-corrected chi connectivity index (χ2v) is 16.3. The monoisotopic (exact) mass is 719 g/mol. The summed E-state index contributed by atoms with van der Waals surface area (Å²) in [6, 6.07) is 6.04. The lowest BCUT2D eigenvalue weighted by Crippen LogP contribution is -2.60. The van der Waals surface area contributed by atoms with Gasteiger partial charge in [-0.25, -0.2) is 4.79 Å². The van der Waals surface area contributed by atoms with Gasteiger partial charge < -0.3 is 30.9 Å². The molecule has 4 N–H and O–H groups in total. The van der Waals surface area contributed by atoms with Crippen LogP contribution >= 0.6 is 23.2 Å². The Kier molecular flexibility index (Phi) is 11.5. The van der Waals surface area contributed by atoms with E-state index in [9.17, 15) is 28.8 Å². The molecule has 49 heavy (non-hydrogen) atoms. The Morgan fingerprint density at radius 3 is 2.24 bits per heavy atom. The molecule has 4 fully saturated rings. The Morgan fingerprint density at radius 2 is 1.61 bits per heavy atom. The third kappa shape index (κ3) is 9.45. The quantitative estimate of drug-likeness (QED) is 0.179. The molecule has 0 radical (unpaired) electrons. The summed E-state index contributed by atoms with van der Waals surface area (Å²) in [6.07, 6.45) is 5.55. The van der Waals surface area contributed by atoms with Gasteiger partial charge >= 0.3 is 6.09 Å². The highest BCUT2D eigenvalue weighted by molar-refractivity contribution is 6.51. The van der Waals surface area contributed by atoms with E-state index in [1.807, 2.05) is 30.3 Å². The van der Waals surface area contributed by atoms with E-state index in [-0.39, 0.29) is 37.3 Å². The van der Waals surface area contributed by atoms with Gasteiger partial charge in [-0.05, 0) is 57.4 Å². The topological polar surface area (TPSA) is 163 Å². The fourth-order valence-corrected chi connectivity index (χ4v) is 7.86. The fraction of sp³-hybridized carbons (Fsp3) is 0.657. The highest BCUT2D eigenvalue weighted by atomic mass is 35.5. The molecule has 0 bridgehead atoms. The Balaban J connectivity index is 1.26. The van der Waals surface area contributed by atoms with Crippen LogP contribution in [0.5, 0.6) is 0 Å². The van der Waals surface area contributed by atoms with Crippen molar-refractivity contribution in [2.45, 2.75) is 107 Å². The number of hydrogen-bond donors (Lipinski definition) is 4. The maximum absolute atomic E-state index is 14.3. The lowest BCUT2D eigenvalue weighted by atomic mass is 9.83. The van der Waals surface area contributed by atoms with Gasteiger partial charge in [0, 0.05) is 24.9 Å². The van der Waals surface area contributed by atoms with Gasteiger partial charge in [-0.3, -0.25) is 24.0 Å². The van der Waals surface area contributed by atoms with Crippen LogP contribution in [0.3, 0.4) is 0 Å². The molecule has 1 aromatic rings. The van der Waals surface area contributed by atoms with Crippen LogP contribution in [-0.2, 0) is 35.3 Å². The number of rotatable bonds is 13. The van der Waals surface area contributed by atoms with E-state index in [1.54, 1.807) is 20.8 Å².